The summed E-state index contributed by atoms with van der Waals surface area (Å²) in [6, 6.07) is 7.69. The van der Waals surface area contributed by atoms with E-state index in [0.29, 0.717) is 24.1 Å². The zero-order valence-electron chi connectivity index (χ0n) is 12.4. The van der Waals surface area contributed by atoms with Gasteiger partial charge in [-0.25, -0.2) is 0 Å². The van der Waals surface area contributed by atoms with Crippen molar-refractivity contribution in [2.24, 2.45) is 11.8 Å². The molecule has 1 aromatic carbocycles. The highest BCUT2D eigenvalue weighted by molar-refractivity contribution is 8.00. The van der Waals surface area contributed by atoms with Crippen molar-refractivity contribution in [3.05, 3.63) is 24.3 Å². The molecule has 2 N–H and O–H groups in total. The van der Waals surface area contributed by atoms with Crippen molar-refractivity contribution in [1.82, 2.24) is 5.32 Å². The summed E-state index contributed by atoms with van der Waals surface area (Å²) >= 11 is 1.52. The van der Waals surface area contributed by atoms with E-state index in [1.165, 1.54) is 11.8 Å². The number of carbonyl (C=O) groups is 1. The number of ether oxygens (including phenoxy) is 1. The van der Waals surface area contributed by atoms with Gasteiger partial charge in [-0.1, -0.05) is 6.42 Å². The van der Waals surface area contributed by atoms with Crippen LogP contribution in [-0.2, 0) is 4.79 Å². The van der Waals surface area contributed by atoms with E-state index in [0.717, 1.165) is 29.9 Å². The van der Waals surface area contributed by atoms with Gasteiger partial charge in [0.15, 0.2) is 0 Å². The molecule has 5 heteroatoms. The molecule has 2 unspecified atom stereocenters. The summed E-state index contributed by atoms with van der Waals surface area (Å²) in [7, 11) is 1.64. The molecule has 2 atom stereocenters. The van der Waals surface area contributed by atoms with Gasteiger partial charge < -0.3 is 15.2 Å². The zero-order valence-corrected chi connectivity index (χ0v) is 13.2. The molecule has 1 saturated carbocycles. The lowest BCUT2D eigenvalue weighted by atomic mass is 9.97. The first-order valence-corrected chi connectivity index (χ1v) is 8.36. The van der Waals surface area contributed by atoms with E-state index in [4.69, 9.17) is 4.74 Å². The lowest BCUT2D eigenvalue weighted by Gasteiger charge is -2.17. The Morgan fingerprint density at radius 2 is 2.05 bits per heavy atom. The second kappa shape index (κ2) is 8.29. The fourth-order valence-corrected chi connectivity index (χ4v) is 3.47. The summed E-state index contributed by atoms with van der Waals surface area (Å²) in [6.07, 6.45) is 3.35. The van der Waals surface area contributed by atoms with Gasteiger partial charge in [0, 0.05) is 18.0 Å². The maximum Gasteiger partial charge on any atom is 0.230 e. The van der Waals surface area contributed by atoms with Crippen LogP contribution in [0.4, 0.5) is 0 Å². The number of thioether (sulfide) groups is 1. The first-order valence-electron chi connectivity index (χ1n) is 7.37. The summed E-state index contributed by atoms with van der Waals surface area (Å²) < 4.78 is 5.10. The van der Waals surface area contributed by atoms with Crippen LogP contribution in [0.5, 0.6) is 5.75 Å². The molecule has 0 heterocycles. The molecule has 1 aromatic rings. The molecule has 0 spiro atoms. The SMILES string of the molecule is COc1ccc(SCC(=O)NCC2CCCC2CO)cc1. The van der Waals surface area contributed by atoms with Crippen LogP contribution < -0.4 is 10.1 Å². The minimum absolute atomic E-state index is 0.0550. The predicted molar refractivity (Wildman–Crippen MR) is 84.6 cm³/mol. The molecule has 1 amide bonds. The van der Waals surface area contributed by atoms with Crippen molar-refractivity contribution >= 4 is 17.7 Å². The zero-order chi connectivity index (χ0) is 15.1. The molecule has 4 nitrogen and oxygen atoms in total. The number of aliphatic hydroxyl groups is 1. The van der Waals surface area contributed by atoms with E-state index in [1.807, 2.05) is 24.3 Å². The average Bonchev–Trinajstić information content (AvgIpc) is 2.99. The number of aliphatic hydroxyl groups excluding tert-OH is 1. The van der Waals surface area contributed by atoms with Crippen LogP contribution in [-0.4, -0.2) is 37.0 Å². The second-order valence-electron chi connectivity index (χ2n) is 5.40. The number of amides is 1. The summed E-state index contributed by atoms with van der Waals surface area (Å²) in [5.41, 5.74) is 0. The Labute approximate surface area is 130 Å². The number of benzene rings is 1. The normalized spacial score (nSPS) is 21.2. The Hall–Kier alpha value is -1.20. The molecule has 0 aliphatic heterocycles. The van der Waals surface area contributed by atoms with Gasteiger partial charge in [-0.2, -0.15) is 0 Å². The van der Waals surface area contributed by atoms with Gasteiger partial charge in [-0.15, -0.1) is 11.8 Å². The third-order valence-corrected chi connectivity index (χ3v) is 5.05. The van der Waals surface area contributed by atoms with Crippen LogP contribution in [0.2, 0.25) is 0 Å². The standard InChI is InChI=1S/C16H23NO3S/c1-20-14-5-7-15(8-6-14)21-11-16(19)17-9-12-3-2-4-13(12)10-18/h5-8,12-13,18H,2-4,9-11H2,1H3,(H,17,19). The molecule has 0 radical (unpaired) electrons. The molecule has 0 saturated heterocycles. The van der Waals surface area contributed by atoms with Crippen molar-refractivity contribution in [3.63, 3.8) is 0 Å². The van der Waals surface area contributed by atoms with Crippen LogP contribution in [0.3, 0.4) is 0 Å². The van der Waals surface area contributed by atoms with Crippen molar-refractivity contribution < 1.29 is 14.6 Å². The average molecular weight is 309 g/mol. The minimum atomic E-state index is 0.0550. The fourth-order valence-electron chi connectivity index (χ4n) is 2.74. The Bertz CT molecular complexity index is 449. The molecule has 1 aliphatic rings. The summed E-state index contributed by atoms with van der Waals surface area (Å²) in [5.74, 6) is 2.09. The third-order valence-electron chi connectivity index (χ3n) is 4.04. The number of carbonyl (C=O) groups excluding carboxylic acids is 1. The van der Waals surface area contributed by atoms with Crippen molar-refractivity contribution in [2.45, 2.75) is 24.2 Å². The Morgan fingerprint density at radius 3 is 2.71 bits per heavy atom. The number of hydrogen-bond acceptors (Lipinski definition) is 4. The lowest BCUT2D eigenvalue weighted by molar-refractivity contribution is -0.118. The molecule has 1 fully saturated rings. The number of rotatable bonds is 7. The van der Waals surface area contributed by atoms with Gasteiger partial charge >= 0.3 is 0 Å². The van der Waals surface area contributed by atoms with Gasteiger partial charge in [0.1, 0.15) is 5.75 Å². The molecule has 0 bridgehead atoms. The monoisotopic (exact) mass is 309 g/mol. The topological polar surface area (TPSA) is 58.6 Å². The molecule has 1 aliphatic carbocycles. The summed E-state index contributed by atoms with van der Waals surface area (Å²) in [4.78, 5) is 12.9. The quantitative estimate of drug-likeness (QED) is 0.759. The summed E-state index contributed by atoms with van der Waals surface area (Å²) in [5, 5.41) is 12.3. The van der Waals surface area contributed by atoms with Gasteiger partial charge in [0.2, 0.25) is 5.91 Å². The lowest BCUT2D eigenvalue weighted by Crippen LogP contribution is -2.32. The van der Waals surface area contributed by atoms with Gasteiger partial charge in [-0.05, 0) is 48.9 Å². The smallest absolute Gasteiger partial charge is 0.230 e. The molecule has 21 heavy (non-hydrogen) atoms. The fraction of sp³-hybridized carbons (Fsp3) is 0.562. The maximum absolute atomic E-state index is 11.9. The molecular formula is C16H23NO3S. The number of hydrogen-bond donors (Lipinski definition) is 2. The van der Waals surface area contributed by atoms with E-state index in [-0.39, 0.29) is 12.5 Å². The van der Waals surface area contributed by atoms with Gasteiger partial charge in [0.25, 0.3) is 0 Å². The van der Waals surface area contributed by atoms with E-state index >= 15 is 0 Å². The third kappa shape index (κ3) is 4.93. The second-order valence-corrected chi connectivity index (χ2v) is 6.45. The largest absolute Gasteiger partial charge is 0.497 e. The Balaban J connectivity index is 1.69. The number of nitrogens with one attached hydrogen (secondary N) is 1. The van der Waals surface area contributed by atoms with Crippen LogP contribution in [0.1, 0.15) is 19.3 Å². The predicted octanol–water partition coefficient (Wildman–Crippen LogP) is 2.31. The van der Waals surface area contributed by atoms with Crippen LogP contribution in [0.25, 0.3) is 0 Å². The summed E-state index contributed by atoms with van der Waals surface area (Å²) in [6.45, 7) is 0.925. The molecule has 2 rings (SSSR count). The molecule has 0 aromatic heterocycles. The minimum Gasteiger partial charge on any atom is -0.497 e. The van der Waals surface area contributed by atoms with E-state index in [2.05, 4.69) is 5.32 Å². The Kier molecular flexibility index (Phi) is 6.39. The maximum atomic E-state index is 11.9. The molecular weight excluding hydrogens is 286 g/mol. The van der Waals surface area contributed by atoms with Crippen molar-refractivity contribution in [2.75, 3.05) is 26.0 Å². The van der Waals surface area contributed by atoms with Crippen LogP contribution in [0, 0.1) is 11.8 Å². The highest BCUT2D eigenvalue weighted by Crippen LogP contribution is 2.30. The highest BCUT2D eigenvalue weighted by atomic mass is 32.2. The molecule has 116 valence electrons. The highest BCUT2D eigenvalue weighted by Gasteiger charge is 2.26. The van der Waals surface area contributed by atoms with E-state index in [1.54, 1.807) is 7.11 Å². The van der Waals surface area contributed by atoms with Crippen LogP contribution >= 0.6 is 11.8 Å². The van der Waals surface area contributed by atoms with Gasteiger partial charge in [-0.3, -0.25) is 4.79 Å². The van der Waals surface area contributed by atoms with E-state index in [9.17, 15) is 9.90 Å². The van der Waals surface area contributed by atoms with Crippen LogP contribution in [0.15, 0.2) is 29.2 Å². The van der Waals surface area contributed by atoms with E-state index < -0.39 is 0 Å². The first-order chi connectivity index (χ1) is 10.2. The first kappa shape index (κ1) is 16.2. The van der Waals surface area contributed by atoms with Crippen molar-refractivity contribution in [3.8, 4) is 5.75 Å². The Morgan fingerprint density at radius 1 is 1.33 bits per heavy atom. The number of methoxy groups -OCH3 is 1. The van der Waals surface area contributed by atoms with Crippen molar-refractivity contribution in [1.29, 1.82) is 0 Å². The van der Waals surface area contributed by atoms with Gasteiger partial charge in [0.05, 0.1) is 12.9 Å².